The number of carbonyl (C=O) groups excluding carboxylic acids is 2. The van der Waals surface area contributed by atoms with Gasteiger partial charge in [0.25, 0.3) is 0 Å². The van der Waals surface area contributed by atoms with Crippen molar-refractivity contribution in [3.63, 3.8) is 0 Å². The van der Waals surface area contributed by atoms with E-state index in [1.165, 1.54) is 7.11 Å². The number of anilines is 2. The lowest BCUT2D eigenvalue weighted by Gasteiger charge is -2.11. The minimum atomic E-state index is -0.424. The van der Waals surface area contributed by atoms with Crippen LogP contribution in [0.4, 0.5) is 11.4 Å². The van der Waals surface area contributed by atoms with Crippen molar-refractivity contribution in [3.05, 3.63) is 54.1 Å². The molecule has 0 bridgehead atoms. The molecule has 0 aliphatic rings. The van der Waals surface area contributed by atoms with Crippen LogP contribution in [0.25, 0.3) is 0 Å². The van der Waals surface area contributed by atoms with Crippen molar-refractivity contribution in [2.75, 3.05) is 31.4 Å². The average molecular weight is 314 g/mol. The highest BCUT2D eigenvalue weighted by molar-refractivity contribution is 5.95. The van der Waals surface area contributed by atoms with Crippen molar-refractivity contribution in [1.82, 2.24) is 0 Å². The number of rotatable bonds is 6. The predicted octanol–water partition coefficient (Wildman–Crippen LogP) is 2.53. The quantitative estimate of drug-likeness (QED) is 0.801. The monoisotopic (exact) mass is 314 g/mol. The first-order chi connectivity index (χ1) is 11.1. The van der Waals surface area contributed by atoms with Gasteiger partial charge in [-0.15, -0.1) is 0 Å². The maximum atomic E-state index is 12.0. The smallest absolute Gasteiger partial charge is 0.337 e. The minimum Gasteiger partial charge on any atom is -0.495 e. The minimum absolute atomic E-state index is 0.0582. The van der Waals surface area contributed by atoms with E-state index in [-0.39, 0.29) is 12.5 Å². The highest BCUT2D eigenvalue weighted by atomic mass is 16.5. The Hall–Kier alpha value is -3.02. The van der Waals surface area contributed by atoms with Gasteiger partial charge < -0.3 is 20.1 Å². The van der Waals surface area contributed by atoms with Gasteiger partial charge in [-0.2, -0.15) is 0 Å². The maximum absolute atomic E-state index is 12.0. The molecule has 0 saturated heterocycles. The van der Waals surface area contributed by atoms with E-state index in [9.17, 15) is 9.59 Å². The second kappa shape index (κ2) is 7.84. The van der Waals surface area contributed by atoms with Gasteiger partial charge in [-0.3, -0.25) is 4.79 Å². The summed E-state index contributed by atoms with van der Waals surface area (Å²) in [6, 6.07) is 13.9. The second-order valence-corrected chi connectivity index (χ2v) is 4.67. The largest absolute Gasteiger partial charge is 0.495 e. The molecule has 120 valence electrons. The Morgan fingerprint density at radius 1 is 1.04 bits per heavy atom. The highest BCUT2D eigenvalue weighted by Gasteiger charge is 2.08. The predicted molar refractivity (Wildman–Crippen MR) is 87.9 cm³/mol. The van der Waals surface area contributed by atoms with E-state index in [1.54, 1.807) is 43.5 Å². The Morgan fingerprint density at radius 2 is 1.83 bits per heavy atom. The molecule has 0 aliphatic carbocycles. The van der Waals surface area contributed by atoms with Crippen LogP contribution >= 0.6 is 0 Å². The van der Waals surface area contributed by atoms with Gasteiger partial charge in [-0.25, -0.2) is 4.79 Å². The van der Waals surface area contributed by atoms with E-state index in [2.05, 4.69) is 15.4 Å². The molecule has 2 aromatic carbocycles. The number of esters is 1. The standard InChI is InChI=1S/C17H18N2O4/c1-22-15-9-4-3-8-14(15)19-16(20)11-18-13-7-5-6-12(10-13)17(21)23-2/h3-10,18H,11H2,1-2H3,(H,19,20). The SMILES string of the molecule is COC(=O)c1cccc(NCC(=O)Nc2ccccc2OC)c1. The third-order valence-corrected chi connectivity index (χ3v) is 3.12. The molecule has 1 amide bonds. The lowest BCUT2D eigenvalue weighted by molar-refractivity contribution is -0.114. The molecule has 0 spiro atoms. The summed E-state index contributed by atoms with van der Waals surface area (Å²) in [5.41, 5.74) is 1.68. The third kappa shape index (κ3) is 4.47. The number of para-hydroxylation sites is 2. The fourth-order valence-corrected chi connectivity index (χ4v) is 2.00. The first kappa shape index (κ1) is 16.4. The number of hydrogen-bond donors (Lipinski definition) is 2. The molecule has 0 aromatic heterocycles. The summed E-state index contributed by atoms with van der Waals surface area (Å²) < 4.78 is 9.84. The Kier molecular flexibility index (Phi) is 5.57. The Balaban J connectivity index is 1.95. The van der Waals surface area contributed by atoms with Gasteiger partial charge in [0.1, 0.15) is 5.75 Å². The number of amides is 1. The van der Waals surface area contributed by atoms with Crippen LogP contribution in [0.5, 0.6) is 5.75 Å². The molecule has 2 rings (SSSR count). The molecule has 23 heavy (non-hydrogen) atoms. The molecule has 0 unspecified atom stereocenters. The number of carbonyl (C=O) groups is 2. The lowest BCUT2D eigenvalue weighted by atomic mass is 10.2. The summed E-state index contributed by atoms with van der Waals surface area (Å²) in [4.78, 5) is 23.5. The van der Waals surface area contributed by atoms with Gasteiger partial charge in [0.15, 0.2) is 0 Å². The zero-order valence-electron chi connectivity index (χ0n) is 13.0. The maximum Gasteiger partial charge on any atom is 0.337 e. The Bertz CT molecular complexity index is 700. The van der Waals surface area contributed by atoms with E-state index >= 15 is 0 Å². The molecule has 0 fully saturated rings. The Labute approximate surface area is 134 Å². The lowest BCUT2D eigenvalue weighted by Crippen LogP contribution is -2.22. The van der Waals surface area contributed by atoms with Crippen LogP contribution in [-0.4, -0.2) is 32.6 Å². The number of benzene rings is 2. The zero-order valence-corrected chi connectivity index (χ0v) is 13.0. The van der Waals surface area contributed by atoms with Gasteiger partial charge in [0, 0.05) is 5.69 Å². The van der Waals surface area contributed by atoms with Crippen molar-refractivity contribution in [2.24, 2.45) is 0 Å². The zero-order chi connectivity index (χ0) is 16.7. The van der Waals surface area contributed by atoms with Gasteiger partial charge in [-0.1, -0.05) is 18.2 Å². The van der Waals surface area contributed by atoms with Crippen molar-refractivity contribution < 1.29 is 19.1 Å². The van der Waals surface area contributed by atoms with Gasteiger partial charge >= 0.3 is 5.97 Å². The van der Waals surface area contributed by atoms with Crippen LogP contribution in [-0.2, 0) is 9.53 Å². The molecule has 0 heterocycles. The van der Waals surface area contributed by atoms with Crippen LogP contribution in [0.15, 0.2) is 48.5 Å². The molecule has 0 atom stereocenters. The molecule has 0 saturated carbocycles. The summed E-state index contributed by atoms with van der Waals surface area (Å²) in [6.45, 7) is 0.0582. The summed E-state index contributed by atoms with van der Waals surface area (Å²) in [7, 11) is 2.87. The molecular weight excluding hydrogens is 296 g/mol. The molecule has 2 N–H and O–H groups in total. The number of ether oxygens (including phenoxy) is 2. The summed E-state index contributed by atoms with van der Waals surface area (Å²) in [5, 5.41) is 5.72. The fraction of sp³-hybridized carbons (Fsp3) is 0.176. The number of nitrogens with one attached hydrogen (secondary N) is 2. The van der Waals surface area contributed by atoms with Gasteiger partial charge in [-0.05, 0) is 30.3 Å². The molecule has 0 radical (unpaired) electrons. The van der Waals surface area contributed by atoms with Crippen LogP contribution in [0.1, 0.15) is 10.4 Å². The van der Waals surface area contributed by atoms with Crippen LogP contribution in [0, 0.1) is 0 Å². The number of hydrogen-bond acceptors (Lipinski definition) is 5. The van der Waals surface area contributed by atoms with Crippen molar-refractivity contribution in [1.29, 1.82) is 0 Å². The van der Waals surface area contributed by atoms with Gasteiger partial charge in [0.05, 0.1) is 32.0 Å². The summed E-state index contributed by atoms with van der Waals surface area (Å²) in [6.07, 6.45) is 0. The van der Waals surface area contributed by atoms with Crippen molar-refractivity contribution >= 4 is 23.3 Å². The first-order valence-corrected chi connectivity index (χ1v) is 6.99. The average Bonchev–Trinajstić information content (AvgIpc) is 2.60. The van der Waals surface area contributed by atoms with Gasteiger partial charge in [0.2, 0.25) is 5.91 Å². The first-order valence-electron chi connectivity index (χ1n) is 6.99. The molecule has 6 nitrogen and oxygen atoms in total. The normalized spacial score (nSPS) is 9.83. The fourth-order valence-electron chi connectivity index (χ4n) is 2.00. The number of methoxy groups -OCH3 is 2. The van der Waals surface area contributed by atoms with Crippen LogP contribution in [0.2, 0.25) is 0 Å². The summed E-state index contributed by atoms with van der Waals surface area (Å²) >= 11 is 0. The van der Waals surface area contributed by atoms with E-state index in [0.29, 0.717) is 22.7 Å². The van der Waals surface area contributed by atoms with Crippen LogP contribution < -0.4 is 15.4 Å². The van der Waals surface area contributed by atoms with E-state index < -0.39 is 5.97 Å². The molecule has 0 aliphatic heterocycles. The van der Waals surface area contributed by atoms with Crippen LogP contribution in [0.3, 0.4) is 0 Å². The van der Waals surface area contributed by atoms with E-state index in [1.807, 2.05) is 12.1 Å². The third-order valence-electron chi connectivity index (χ3n) is 3.12. The van der Waals surface area contributed by atoms with E-state index in [4.69, 9.17) is 4.74 Å². The van der Waals surface area contributed by atoms with Crippen molar-refractivity contribution in [3.8, 4) is 5.75 Å². The second-order valence-electron chi connectivity index (χ2n) is 4.67. The van der Waals surface area contributed by atoms with E-state index in [0.717, 1.165) is 0 Å². The molecule has 2 aromatic rings. The highest BCUT2D eigenvalue weighted by Crippen LogP contribution is 2.22. The molecular formula is C17H18N2O4. The topological polar surface area (TPSA) is 76.7 Å². The molecule has 6 heteroatoms. The Morgan fingerprint density at radius 3 is 2.57 bits per heavy atom. The summed E-state index contributed by atoms with van der Waals surface area (Å²) in [5.74, 6) is -0.0568. The van der Waals surface area contributed by atoms with Crippen molar-refractivity contribution in [2.45, 2.75) is 0 Å².